The topological polar surface area (TPSA) is 86.7 Å². The second-order valence-electron chi connectivity index (χ2n) is 4.33. The van der Waals surface area contributed by atoms with Crippen molar-refractivity contribution in [1.82, 2.24) is 9.62 Å². The maximum absolute atomic E-state index is 11.9. The van der Waals surface area contributed by atoms with Crippen molar-refractivity contribution < 1.29 is 18.3 Å². The van der Waals surface area contributed by atoms with Gasteiger partial charge in [-0.1, -0.05) is 6.92 Å². The Bertz CT molecular complexity index is 365. The van der Waals surface area contributed by atoms with Crippen LogP contribution in [0.4, 0.5) is 0 Å². The lowest BCUT2D eigenvalue weighted by Gasteiger charge is -2.23. The molecule has 1 rings (SSSR count). The van der Waals surface area contributed by atoms with Crippen molar-refractivity contribution in [2.24, 2.45) is 0 Å². The molecule has 17 heavy (non-hydrogen) atoms. The molecule has 1 amide bonds. The van der Waals surface area contributed by atoms with E-state index in [0.29, 0.717) is 25.8 Å². The van der Waals surface area contributed by atoms with Crippen LogP contribution in [-0.4, -0.2) is 55.2 Å². The molecule has 0 saturated carbocycles. The van der Waals surface area contributed by atoms with Gasteiger partial charge in [-0.25, -0.2) is 8.42 Å². The molecule has 2 unspecified atom stereocenters. The molecule has 1 aliphatic heterocycles. The van der Waals surface area contributed by atoms with Crippen LogP contribution in [0.1, 0.15) is 26.2 Å². The minimum atomic E-state index is -3.34. The van der Waals surface area contributed by atoms with Crippen LogP contribution in [0.5, 0.6) is 0 Å². The van der Waals surface area contributed by atoms with E-state index in [-0.39, 0.29) is 18.6 Å². The van der Waals surface area contributed by atoms with Gasteiger partial charge in [0.1, 0.15) is 6.04 Å². The maximum atomic E-state index is 11.9. The summed E-state index contributed by atoms with van der Waals surface area (Å²) in [5.41, 5.74) is 0. The first-order valence-electron chi connectivity index (χ1n) is 5.78. The highest BCUT2D eigenvalue weighted by Gasteiger charge is 2.36. The number of carbonyl (C=O) groups excluding carboxylic acids is 1. The monoisotopic (exact) mass is 264 g/mol. The fraction of sp³-hybridized carbons (Fsp3) is 0.900. The first kappa shape index (κ1) is 14.4. The number of hydrogen-bond donors (Lipinski definition) is 2. The molecule has 0 aromatic rings. The lowest BCUT2D eigenvalue weighted by molar-refractivity contribution is -0.125. The van der Waals surface area contributed by atoms with E-state index in [0.717, 1.165) is 6.26 Å². The fourth-order valence-electron chi connectivity index (χ4n) is 1.97. The minimum Gasteiger partial charge on any atom is -0.394 e. The normalized spacial score (nSPS) is 23.6. The third-order valence-electron chi connectivity index (χ3n) is 2.99. The van der Waals surface area contributed by atoms with Gasteiger partial charge in [0, 0.05) is 6.54 Å². The molecule has 0 aromatic heterocycles. The predicted molar refractivity (Wildman–Crippen MR) is 63.9 cm³/mol. The lowest BCUT2D eigenvalue weighted by Crippen LogP contribution is -2.49. The Labute approximate surface area is 102 Å². The van der Waals surface area contributed by atoms with E-state index < -0.39 is 16.1 Å². The zero-order chi connectivity index (χ0) is 13.1. The van der Waals surface area contributed by atoms with E-state index in [4.69, 9.17) is 5.11 Å². The van der Waals surface area contributed by atoms with Crippen LogP contribution in [0.2, 0.25) is 0 Å². The fourth-order valence-corrected chi connectivity index (χ4v) is 3.10. The molecule has 0 radical (unpaired) electrons. The van der Waals surface area contributed by atoms with Crippen molar-refractivity contribution in [2.75, 3.05) is 19.4 Å². The highest BCUT2D eigenvalue weighted by molar-refractivity contribution is 7.88. The zero-order valence-corrected chi connectivity index (χ0v) is 11.0. The van der Waals surface area contributed by atoms with Gasteiger partial charge in [-0.3, -0.25) is 4.79 Å². The van der Waals surface area contributed by atoms with Gasteiger partial charge < -0.3 is 10.4 Å². The molecule has 2 atom stereocenters. The van der Waals surface area contributed by atoms with Crippen LogP contribution in [0.3, 0.4) is 0 Å². The number of nitrogens with zero attached hydrogens (tertiary/aromatic N) is 1. The molecule has 1 fully saturated rings. The summed E-state index contributed by atoms with van der Waals surface area (Å²) in [4.78, 5) is 11.9. The maximum Gasteiger partial charge on any atom is 0.238 e. The predicted octanol–water partition coefficient (Wildman–Crippen LogP) is -0.702. The average Bonchev–Trinajstić information content (AvgIpc) is 2.73. The van der Waals surface area contributed by atoms with Crippen LogP contribution in [0.15, 0.2) is 0 Å². The number of rotatable bonds is 5. The van der Waals surface area contributed by atoms with E-state index in [1.807, 2.05) is 6.92 Å². The highest BCUT2D eigenvalue weighted by Crippen LogP contribution is 2.20. The highest BCUT2D eigenvalue weighted by atomic mass is 32.2. The Morgan fingerprint density at radius 1 is 1.59 bits per heavy atom. The summed E-state index contributed by atoms with van der Waals surface area (Å²) in [5, 5.41) is 11.7. The summed E-state index contributed by atoms with van der Waals surface area (Å²) < 4.78 is 24.2. The summed E-state index contributed by atoms with van der Waals surface area (Å²) in [5.74, 6) is -0.311. The molecule has 1 aliphatic rings. The Morgan fingerprint density at radius 2 is 2.24 bits per heavy atom. The zero-order valence-electron chi connectivity index (χ0n) is 10.2. The standard InChI is InChI=1S/C10H20N2O4S/c1-3-8(7-13)11-10(14)9-5-4-6-12(9)17(2,15)16/h8-9,13H,3-7H2,1-2H3,(H,11,14). The van der Waals surface area contributed by atoms with E-state index >= 15 is 0 Å². The molecular formula is C10H20N2O4S. The van der Waals surface area contributed by atoms with Gasteiger partial charge in [0.2, 0.25) is 15.9 Å². The van der Waals surface area contributed by atoms with Gasteiger partial charge in [-0.2, -0.15) is 4.31 Å². The Morgan fingerprint density at radius 3 is 2.71 bits per heavy atom. The van der Waals surface area contributed by atoms with Crippen LogP contribution in [-0.2, 0) is 14.8 Å². The quantitative estimate of drug-likeness (QED) is 0.687. The van der Waals surface area contributed by atoms with Crippen LogP contribution < -0.4 is 5.32 Å². The van der Waals surface area contributed by atoms with Crippen molar-refractivity contribution in [3.63, 3.8) is 0 Å². The minimum absolute atomic E-state index is 0.131. The molecule has 100 valence electrons. The summed E-state index contributed by atoms with van der Waals surface area (Å²) in [6.07, 6.45) is 2.97. The van der Waals surface area contributed by atoms with E-state index in [1.165, 1.54) is 4.31 Å². The van der Waals surface area contributed by atoms with E-state index in [9.17, 15) is 13.2 Å². The lowest BCUT2D eigenvalue weighted by atomic mass is 10.2. The molecule has 7 heteroatoms. The van der Waals surface area contributed by atoms with Gasteiger partial charge in [-0.15, -0.1) is 0 Å². The summed E-state index contributed by atoms with van der Waals surface area (Å²) >= 11 is 0. The summed E-state index contributed by atoms with van der Waals surface area (Å²) in [6.45, 7) is 2.12. The number of hydrogen-bond acceptors (Lipinski definition) is 4. The Balaban J connectivity index is 2.69. The van der Waals surface area contributed by atoms with Crippen LogP contribution in [0.25, 0.3) is 0 Å². The molecule has 1 saturated heterocycles. The Kier molecular flexibility index (Phi) is 4.91. The number of aliphatic hydroxyl groups excluding tert-OH is 1. The van der Waals surface area contributed by atoms with Crippen molar-refractivity contribution in [3.05, 3.63) is 0 Å². The largest absolute Gasteiger partial charge is 0.394 e. The van der Waals surface area contributed by atoms with Gasteiger partial charge in [-0.05, 0) is 19.3 Å². The first-order chi connectivity index (χ1) is 7.90. The van der Waals surface area contributed by atoms with Crippen LogP contribution >= 0.6 is 0 Å². The van der Waals surface area contributed by atoms with E-state index in [2.05, 4.69) is 5.32 Å². The van der Waals surface area contributed by atoms with Gasteiger partial charge in [0.25, 0.3) is 0 Å². The number of carbonyl (C=O) groups is 1. The van der Waals surface area contributed by atoms with Crippen molar-refractivity contribution >= 4 is 15.9 Å². The molecule has 0 aliphatic carbocycles. The molecule has 0 spiro atoms. The molecule has 2 N–H and O–H groups in total. The van der Waals surface area contributed by atoms with Crippen molar-refractivity contribution in [1.29, 1.82) is 0 Å². The number of nitrogens with one attached hydrogen (secondary N) is 1. The second kappa shape index (κ2) is 5.79. The SMILES string of the molecule is CCC(CO)NC(=O)C1CCCN1S(C)(=O)=O. The van der Waals surface area contributed by atoms with Gasteiger partial charge >= 0.3 is 0 Å². The first-order valence-corrected chi connectivity index (χ1v) is 7.63. The molecule has 6 nitrogen and oxygen atoms in total. The van der Waals surface area contributed by atoms with Crippen LogP contribution in [0, 0.1) is 0 Å². The van der Waals surface area contributed by atoms with Gasteiger partial charge in [0.15, 0.2) is 0 Å². The molecule has 0 bridgehead atoms. The summed E-state index contributed by atoms with van der Waals surface area (Å²) in [7, 11) is -3.34. The number of aliphatic hydroxyl groups is 1. The number of sulfonamides is 1. The molecular weight excluding hydrogens is 244 g/mol. The average molecular weight is 264 g/mol. The molecule has 1 heterocycles. The van der Waals surface area contributed by atoms with Gasteiger partial charge in [0.05, 0.1) is 18.9 Å². The third kappa shape index (κ3) is 3.65. The molecule has 0 aromatic carbocycles. The third-order valence-corrected chi connectivity index (χ3v) is 4.28. The smallest absolute Gasteiger partial charge is 0.238 e. The number of amides is 1. The summed E-state index contributed by atoms with van der Waals surface area (Å²) in [6, 6.07) is -0.921. The second-order valence-corrected chi connectivity index (χ2v) is 6.26. The van der Waals surface area contributed by atoms with Crippen molar-refractivity contribution in [2.45, 2.75) is 38.3 Å². The van der Waals surface area contributed by atoms with Crippen molar-refractivity contribution in [3.8, 4) is 0 Å². The van der Waals surface area contributed by atoms with E-state index in [1.54, 1.807) is 0 Å². The Hall–Kier alpha value is -0.660.